The van der Waals surface area contributed by atoms with Gasteiger partial charge in [-0.05, 0) is 24.1 Å². The van der Waals surface area contributed by atoms with Gasteiger partial charge in [0.05, 0.1) is 0 Å². The molecule has 26 heavy (non-hydrogen) atoms. The lowest BCUT2D eigenvalue weighted by molar-refractivity contribution is 0.261. The molecule has 0 radical (unpaired) electrons. The van der Waals surface area contributed by atoms with E-state index in [4.69, 9.17) is 0 Å². The number of rotatable bonds is 5. The van der Waals surface area contributed by atoms with Crippen molar-refractivity contribution >= 4 is 16.7 Å². The van der Waals surface area contributed by atoms with E-state index < -0.39 is 0 Å². The van der Waals surface area contributed by atoms with Gasteiger partial charge in [-0.2, -0.15) is 9.36 Å². The molecule has 1 saturated heterocycles. The van der Waals surface area contributed by atoms with Crippen LogP contribution in [0.2, 0.25) is 0 Å². The number of aromatic nitrogens is 2. The second-order valence-electron chi connectivity index (χ2n) is 6.48. The fourth-order valence-corrected chi connectivity index (χ4v) is 3.92. The average molecular weight is 368 g/mol. The molecule has 3 aromatic rings. The largest absolute Gasteiger partial charge is 0.344 e. The van der Waals surface area contributed by atoms with Gasteiger partial charge in [-0.25, -0.2) is 4.39 Å². The first-order valence-corrected chi connectivity index (χ1v) is 9.66. The molecule has 0 bridgehead atoms. The van der Waals surface area contributed by atoms with Gasteiger partial charge in [0.15, 0.2) is 5.82 Å². The van der Waals surface area contributed by atoms with E-state index in [9.17, 15) is 4.39 Å². The summed E-state index contributed by atoms with van der Waals surface area (Å²) in [7, 11) is 0. The highest BCUT2D eigenvalue weighted by Crippen LogP contribution is 2.25. The summed E-state index contributed by atoms with van der Waals surface area (Å²) in [5, 5.41) is 0.923. The molecule has 1 fully saturated rings. The standard InChI is InChI=1S/C20H21FN4S/c21-18-8-4-7-17(15-18)19-22-20(26-23-19)25-13-11-24(12-14-25)10-9-16-5-2-1-3-6-16/h1-8,15H,9-14H2. The van der Waals surface area contributed by atoms with Gasteiger partial charge in [0.1, 0.15) is 5.82 Å². The second kappa shape index (κ2) is 7.93. The SMILES string of the molecule is Fc1cccc(-c2nsc(N3CCN(CCc4ccccc4)CC3)n2)c1. The molecule has 0 atom stereocenters. The summed E-state index contributed by atoms with van der Waals surface area (Å²) in [6.45, 7) is 5.05. The first-order valence-electron chi connectivity index (χ1n) is 8.89. The highest BCUT2D eigenvalue weighted by Gasteiger charge is 2.20. The Labute approximate surface area is 157 Å². The molecule has 4 nitrogen and oxygen atoms in total. The predicted molar refractivity (Wildman–Crippen MR) is 104 cm³/mol. The minimum Gasteiger partial charge on any atom is -0.344 e. The maximum Gasteiger partial charge on any atom is 0.205 e. The van der Waals surface area contributed by atoms with Gasteiger partial charge in [-0.3, -0.25) is 4.90 Å². The van der Waals surface area contributed by atoms with Crippen LogP contribution >= 0.6 is 11.5 Å². The molecule has 1 aliphatic rings. The van der Waals surface area contributed by atoms with Crippen LogP contribution in [-0.2, 0) is 6.42 Å². The Bertz CT molecular complexity index is 844. The predicted octanol–water partition coefficient (Wildman–Crippen LogP) is 3.71. The molecule has 0 amide bonds. The second-order valence-corrected chi connectivity index (χ2v) is 7.21. The number of anilines is 1. The van der Waals surface area contributed by atoms with E-state index in [1.54, 1.807) is 6.07 Å². The van der Waals surface area contributed by atoms with Crippen molar-refractivity contribution in [3.8, 4) is 11.4 Å². The third kappa shape index (κ3) is 4.08. The van der Waals surface area contributed by atoms with Crippen molar-refractivity contribution in [3.63, 3.8) is 0 Å². The number of hydrogen-bond acceptors (Lipinski definition) is 5. The molecular formula is C20H21FN4S. The quantitative estimate of drug-likeness (QED) is 0.687. The number of piperazine rings is 1. The van der Waals surface area contributed by atoms with Gasteiger partial charge < -0.3 is 4.90 Å². The molecule has 0 N–H and O–H groups in total. The molecule has 4 rings (SSSR count). The van der Waals surface area contributed by atoms with Crippen LogP contribution in [0.1, 0.15) is 5.56 Å². The molecule has 0 spiro atoms. The Kier molecular flexibility index (Phi) is 5.22. The Morgan fingerprint density at radius 2 is 1.77 bits per heavy atom. The van der Waals surface area contributed by atoms with Gasteiger partial charge in [-0.1, -0.05) is 42.5 Å². The molecule has 0 unspecified atom stereocenters. The molecule has 1 aliphatic heterocycles. The minimum absolute atomic E-state index is 0.258. The number of halogens is 1. The van der Waals surface area contributed by atoms with Crippen LogP contribution in [0.4, 0.5) is 9.52 Å². The molecular weight excluding hydrogens is 347 g/mol. The Balaban J connectivity index is 1.32. The summed E-state index contributed by atoms with van der Waals surface area (Å²) in [5.41, 5.74) is 2.12. The summed E-state index contributed by atoms with van der Waals surface area (Å²) in [4.78, 5) is 9.39. The Hall–Kier alpha value is -2.31. The van der Waals surface area contributed by atoms with E-state index in [0.717, 1.165) is 49.8 Å². The Morgan fingerprint density at radius 3 is 2.54 bits per heavy atom. The van der Waals surface area contributed by atoms with Crippen LogP contribution in [0.25, 0.3) is 11.4 Å². The fourth-order valence-electron chi connectivity index (χ4n) is 3.18. The lowest BCUT2D eigenvalue weighted by atomic mass is 10.1. The first-order chi connectivity index (χ1) is 12.8. The summed E-state index contributed by atoms with van der Waals surface area (Å²) in [5.74, 6) is 0.349. The lowest BCUT2D eigenvalue weighted by Gasteiger charge is -2.34. The number of nitrogens with zero attached hydrogens (tertiary/aromatic N) is 4. The zero-order chi connectivity index (χ0) is 17.8. The molecule has 134 valence electrons. The maximum atomic E-state index is 13.4. The summed E-state index contributed by atoms with van der Waals surface area (Å²) in [6, 6.07) is 17.1. The van der Waals surface area contributed by atoms with Gasteiger partial charge in [-0.15, -0.1) is 0 Å². The van der Waals surface area contributed by atoms with Crippen molar-refractivity contribution in [1.82, 2.24) is 14.3 Å². The van der Waals surface area contributed by atoms with E-state index in [0.29, 0.717) is 5.82 Å². The topological polar surface area (TPSA) is 32.3 Å². The van der Waals surface area contributed by atoms with Gasteiger partial charge in [0.25, 0.3) is 0 Å². The van der Waals surface area contributed by atoms with Crippen molar-refractivity contribution in [3.05, 3.63) is 66.0 Å². The van der Waals surface area contributed by atoms with E-state index in [1.807, 2.05) is 6.07 Å². The van der Waals surface area contributed by atoms with Crippen LogP contribution in [0.15, 0.2) is 54.6 Å². The average Bonchev–Trinajstić information content (AvgIpc) is 3.18. The first kappa shape index (κ1) is 17.1. The molecule has 1 aromatic heterocycles. The van der Waals surface area contributed by atoms with Gasteiger partial charge in [0, 0.05) is 49.8 Å². The smallest absolute Gasteiger partial charge is 0.205 e. The Morgan fingerprint density at radius 1 is 0.962 bits per heavy atom. The number of benzene rings is 2. The van der Waals surface area contributed by atoms with E-state index >= 15 is 0 Å². The summed E-state index contributed by atoms with van der Waals surface area (Å²) in [6.07, 6.45) is 1.09. The van der Waals surface area contributed by atoms with Crippen LogP contribution in [0.5, 0.6) is 0 Å². The highest BCUT2D eigenvalue weighted by molar-refractivity contribution is 7.09. The van der Waals surface area contributed by atoms with Crippen molar-refractivity contribution < 1.29 is 4.39 Å². The van der Waals surface area contributed by atoms with Crippen molar-refractivity contribution in [2.45, 2.75) is 6.42 Å². The van der Waals surface area contributed by atoms with Crippen molar-refractivity contribution in [2.75, 3.05) is 37.6 Å². The minimum atomic E-state index is -0.258. The maximum absolute atomic E-state index is 13.4. The zero-order valence-electron chi connectivity index (χ0n) is 14.5. The van der Waals surface area contributed by atoms with Crippen LogP contribution in [0.3, 0.4) is 0 Å². The van der Waals surface area contributed by atoms with E-state index in [2.05, 4.69) is 49.5 Å². The van der Waals surface area contributed by atoms with Gasteiger partial charge >= 0.3 is 0 Å². The lowest BCUT2D eigenvalue weighted by Crippen LogP contribution is -2.47. The third-order valence-corrected chi connectivity index (χ3v) is 5.48. The monoisotopic (exact) mass is 368 g/mol. The van der Waals surface area contributed by atoms with E-state index in [-0.39, 0.29) is 5.82 Å². The van der Waals surface area contributed by atoms with Crippen molar-refractivity contribution in [1.29, 1.82) is 0 Å². The van der Waals surface area contributed by atoms with Gasteiger partial charge in [0.2, 0.25) is 5.13 Å². The summed E-state index contributed by atoms with van der Waals surface area (Å²) < 4.78 is 17.8. The number of hydrogen-bond donors (Lipinski definition) is 0. The van der Waals surface area contributed by atoms with Crippen LogP contribution in [-0.4, -0.2) is 47.0 Å². The normalized spacial score (nSPS) is 15.3. The zero-order valence-corrected chi connectivity index (χ0v) is 15.3. The third-order valence-electron chi connectivity index (χ3n) is 4.70. The summed E-state index contributed by atoms with van der Waals surface area (Å²) >= 11 is 1.39. The molecule has 0 saturated carbocycles. The van der Waals surface area contributed by atoms with Crippen LogP contribution in [0, 0.1) is 5.82 Å². The molecule has 2 aromatic carbocycles. The van der Waals surface area contributed by atoms with E-state index in [1.165, 1.54) is 29.2 Å². The molecule has 2 heterocycles. The highest BCUT2D eigenvalue weighted by atomic mass is 32.1. The van der Waals surface area contributed by atoms with Crippen molar-refractivity contribution in [2.24, 2.45) is 0 Å². The van der Waals surface area contributed by atoms with Crippen LogP contribution < -0.4 is 4.90 Å². The fraction of sp³-hybridized carbons (Fsp3) is 0.300. The molecule has 6 heteroatoms. The molecule has 0 aliphatic carbocycles.